The summed E-state index contributed by atoms with van der Waals surface area (Å²) in [6, 6.07) is 15.8. The highest BCUT2D eigenvalue weighted by Gasteiger charge is 2.20. The van der Waals surface area contributed by atoms with Crippen LogP contribution in [0.1, 0.15) is 26.3 Å². The van der Waals surface area contributed by atoms with Crippen molar-refractivity contribution in [1.82, 2.24) is 0 Å². The smallest absolute Gasteiger partial charge is 0.244 e. The molecular formula is C20H21N3O3. The van der Waals surface area contributed by atoms with Crippen molar-refractivity contribution in [3.05, 3.63) is 54.1 Å². The predicted octanol–water partition coefficient (Wildman–Crippen LogP) is 3.34. The van der Waals surface area contributed by atoms with Crippen LogP contribution in [0.4, 0.5) is 11.4 Å². The lowest BCUT2D eigenvalue weighted by molar-refractivity contribution is -0.120. The summed E-state index contributed by atoms with van der Waals surface area (Å²) in [5.74, 6) is -0.154. The Labute approximate surface area is 153 Å². The summed E-state index contributed by atoms with van der Waals surface area (Å²) in [7, 11) is 0. The SMILES string of the molecule is CC(=O)N(CC(=O)Nc1ccccc1C#N)c1ccccc1OC(C)C. The van der Waals surface area contributed by atoms with Gasteiger partial charge in [0.15, 0.2) is 0 Å². The number of nitrogens with zero attached hydrogens (tertiary/aromatic N) is 2. The van der Waals surface area contributed by atoms with Gasteiger partial charge in [-0.15, -0.1) is 0 Å². The molecule has 0 aromatic heterocycles. The number of nitriles is 1. The van der Waals surface area contributed by atoms with Crippen LogP contribution in [0.25, 0.3) is 0 Å². The lowest BCUT2D eigenvalue weighted by Crippen LogP contribution is -2.37. The topological polar surface area (TPSA) is 82.4 Å². The van der Waals surface area contributed by atoms with E-state index in [1.165, 1.54) is 11.8 Å². The van der Waals surface area contributed by atoms with Crippen LogP contribution in [0.5, 0.6) is 5.75 Å². The molecule has 6 heteroatoms. The molecule has 0 bridgehead atoms. The third kappa shape index (κ3) is 4.84. The van der Waals surface area contributed by atoms with Gasteiger partial charge in [0.25, 0.3) is 0 Å². The van der Waals surface area contributed by atoms with Crippen molar-refractivity contribution < 1.29 is 14.3 Å². The molecule has 0 aliphatic rings. The molecule has 6 nitrogen and oxygen atoms in total. The highest BCUT2D eigenvalue weighted by atomic mass is 16.5. The maximum atomic E-state index is 12.4. The average molecular weight is 351 g/mol. The summed E-state index contributed by atoms with van der Waals surface area (Å²) in [6.45, 7) is 4.98. The van der Waals surface area contributed by atoms with E-state index in [1.807, 2.05) is 26.0 Å². The molecule has 0 heterocycles. The summed E-state index contributed by atoms with van der Waals surface area (Å²) < 4.78 is 5.74. The van der Waals surface area contributed by atoms with Gasteiger partial charge >= 0.3 is 0 Å². The van der Waals surface area contributed by atoms with Crippen molar-refractivity contribution in [2.45, 2.75) is 26.9 Å². The van der Waals surface area contributed by atoms with Gasteiger partial charge in [0.05, 0.1) is 23.0 Å². The first kappa shape index (κ1) is 19.0. The molecule has 0 unspecified atom stereocenters. The van der Waals surface area contributed by atoms with E-state index in [2.05, 4.69) is 5.32 Å². The van der Waals surface area contributed by atoms with Crippen molar-refractivity contribution in [3.8, 4) is 11.8 Å². The standard InChI is InChI=1S/C20H21N3O3/c1-14(2)26-19-11-7-6-10-18(19)23(15(3)24)13-20(25)22-17-9-5-4-8-16(17)12-21/h4-11,14H,13H2,1-3H3,(H,22,25). The molecule has 0 spiro atoms. The molecular weight excluding hydrogens is 330 g/mol. The highest BCUT2D eigenvalue weighted by Crippen LogP contribution is 2.29. The van der Waals surface area contributed by atoms with Crippen LogP contribution in [0.2, 0.25) is 0 Å². The second-order valence-electron chi connectivity index (χ2n) is 5.95. The van der Waals surface area contributed by atoms with E-state index in [0.717, 1.165) is 0 Å². The van der Waals surface area contributed by atoms with Gasteiger partial charge in [-0.2, -0.15) is 5.26 Å². The Hall–Kier alpha value is -3.33. The quantitative estimate of drug-likeness (QED) is 0.865. The summed E-state index contributed by atoms with van der Waals surface area (Å²) in [5, 5.41) is 11.8. The normalized spacial score (nSPS) is 10.1. The van der Waals surface area contributed by atoms with Gasteiger partial charge in [-0.25, -0.2) is 0 Å². The molecule has 0 aliphatic heterocycles. The molecule has 0 aliphatic carbocycles. The molecule has 2 aromatic rings. The fraction of sp³-hybridized carbons (Fsp3) is 0.250. The molecule has 0 radical (unpaired) electrons. The third-order valence-electron chi connectivity index (χ3n) is 3.52. The second-order valence-corrected chi connectivity index (χ2v) is 5.95. The van der Waals surface area contributed by atoms with Gasteiger partial charge in [0.2, 0.25) is 11.8 Å². The number of anilines is 2. The van der Waals surface area contributed by atoms with Gasteiger partial charge in [0, 0.05) is 6.92 Å². The number of ether oxygens (including phenoxy) is 1. The predicted molar refractivity (Wildman–Crippen MR) is 100 cm³/mol. The van der Waals surface area contributed by atoms with E-state index >= 15 is 0 Å². The van der Waals surface area contributed by atoms with Gasteiger partial charge in [-0.05, 0) is 38.1 Å². The molecule has 0 fully saturated rings. The van der Waals surface area contributed by atoms with E-state index in [9.17, 15) is 9.59 Å². The summed E-state index contributed by atoms with van der Waals surface area (Å²) in [5.41, 5.74) is 1.30. The largest absolute Gasteiger partial charge is 0.489 e. The molecule has 0 atom stereocenters. The Morgan fingerprint density at radius 1 is 1.15 bits per heavy atom. The maximum Gasteiger partial charge on any atom is 0.244 e. The van der Waals surface area contributed by atoms with Gasteiger partial charge < -0.3 is 10.1 Å². The lowest BCUT2D eigenvalue weighted by atomic mass is 10.2. The number of carbonyl (C=O) groups excluding carboxylic acids is 2. The Kier molecular flexibility index (Phi) is 6.34. The first-order valence-electron chi connectivity index (χ1n) is 8.25. The molecule has 1 N–H and O–H groups in total. The number of hydrogen-bond donors (Lipinski definition) is 1. The van der Waals surface area contributed by atoms with E-state index < -0.39 is 5.91 Å². The lowest BCUT2D eigenvalue weighted by Gasteiger charge is -2.24. The van der Waals surface area contributed by atoms with Gasteiger partial charge in [0.1, 0.15) is 18.4 Å². The highest BCUT2D eigenvalue weighted by molar-refractivity contribution is 6.03. The zero-order chi connectivity index (χ0) is 19.1. The summed E-state index contributed by atoms with van der Waals surface area (Å²) >= 11 is 0. The Morgan fingerprint density at radius 3 is 2.46 bits per heavy atom. The van der Waals surface area contributed by atoms with Crippen molar-refractivity contribution >= 4 is 23.2 Å². The van der Waals surface area contributed by atoms with Crippen molar-refractivity contribution in [2.24, 2.45) is 0 Å². The molecule has 2 rings (SSSR count). The first-order chi connectivity index (χ1) is 12.4. The number of hydrogen-bond acceptors (Lipinski definition) is 4. The Morgan fingerprint density at radius 2 is 1.81 bits per heavy atom. The maximum absolute atomic E-state index is 12.4. The number of amides is 2. The van der Waals surface area contributed by atoms with Crippen LogP contribution in [0, 0.1) is 11.3 Å². The minimum atomic E-state index is -0.401. The van der Waals surface area contributed by atoms with Crippen LogP contribution in [0.3, 0.4) is 0 Å². The fourth-order valence-electron chi connectivity index (χ4n) is 2.42. The van der Waals surface area contributed by atoms with Gasteiger partial charge in [-0.1, -0.05) is 24.3 Å². The first-order valence-corrected chi connectivity index (χ1v) is 8.25. The zero-order valence-electron chi connectivity index (χ0n) is 15.0. The Bertz CT molecular complexity index is 840. The molecule has 26 heavy (non-hydrogen) atoms. The minimum Gasteiger partial charge on any atom is -0.489 e. The van der Waals surface area contributed by atoms with Crippen LogP contribution >= 0.6 is 0 Å². The summed E-state index contributed by atoms with van der Waals surface area (Å²) in [6.07, 6.45) is -0.0682. The van der Waals surface area contributed by atoms with E-state index in [-0.39, 0.29) is 18.6 Å². The average Bonchev–Trinajstić information content (AvgIpc) is 2.60. The van der Waals surface area contributed by atoms with Crippen LogP contribution in [0.15, 0.2) is 48.5 Å². The van der Waals surface area contributed by atoms with Crippen molar-refractivity contribution in [2.75, 3.05) is 16.8 Å². The van der Waals surface area contributed by atoms with E-state index in [0.29, 0.717) is 22.7 Å². The molecule has 0 saturated carbocycles. The molecule has 2 amide bonds. The molecule has 2 aromatic carbocycles. The number of rotatable bonds is 6. The van der Waals surface area contributed by atoms with Gasteiger partial charge in [-0.3, -0.25) is 14.5 Å². The third-order valence-corrected chi connectivity index (χ3v) is 3.52. The van der Waals surface area contributed by atoms with Crippen molar-refractivity contribution in [3.63, 3.8) is 0 Å². The van der Waals surface area contributed by atoms with E-state index in [4.69, 9.17) is 10.00 Å². The minimum absolute atomic E-state index is 0.0682. The number of benzene rings is 2. The second kappa shape index (κ2) is 8.67. The number of para-hydroxylation sites is 3. The van der Waals surface area contributed by atoms with Crippen LogP contribution in [-0.2, 0) is 9.59 Å². The Balaban J connectivity index is 2.23. The zero-order valence-corrected chi connectivity index (χ0v) is 15.0. The number of nitrogens with one attached hydrogen (secondary N) is 1. The monoisotopic (exact) mass is 351 g/mol. The van der Waals surface area contributed by atoms with E-state index in [1.54, 1.807) is 42.5 Å². The van der Waals surface area contributed by atoms with Crippen LogP contribution in [-0.4, -0.2) is 24.5 Å². The van der Waals surface area contributed by atoms with Crippen LogP contribution < -0.4 is 15.0 Å². The number of carbonyl (C=O) groups is 2. The fourth-order valence-corrected chi connectivity index (χ4v) is 2.42. The summed E-state index contributed by atoms with van der Waals surface area (Å²) in [4.78, 5) is 25.9. The molecule has 0 saturated heterocycles. The van der Waals surface area contributed by atoms with Crippen molar-refractivity contribution in [1.29, 1.82) is 5.26 Å². The molecule has 134 valence electrons.